The summed E-state index contributed by atoms with van der Waals surface area (Å²) in [6.07, 6.45) is 0.785. The molecule has 6 nitrogen and oxygen atoms in total. The first-order valence-electron chi connectivity index (χ1n) is 6.03. The maximum absolute atomic E-state index is 11.3. The highest BCUT2D eigenvalue weighted by Crippen LogP contribution is 2.26. The van der Waals surface area contributed by atoms with Crippen LogP contribution in [0.25, 0.3) is 0 Å². The molecule has 5 N–H and O–H groups in total. The molecule has 0 fully saturated rings. The Morgan fingerprint density at radius 2 is 2.30 bits per heavy atom. The fourth-order valence-electron chi connectivity index (χ4n) is 1.81. The zero-order valence-electron chi connectivity index (χ0n) is 11.1. The third kappa shape index (κ3) is 3.18. The van der Waals surface area contributed by atoms with Crippen LogP contribution in [0, 0.1) is 0 Å². The van der Waals surface area contributed by atoms with E-state index in [0.717, 1.165) is 29.3 Å². The molecule has 0 atom stereocenters. The highest BCUT2D eigenvalue weighted by Gasteiger charge is 2.16. The Hall–Kier alpha value is -2.28. The molecule has 2 rings (SSSR count). The molecular formula is C13H16N4O2S. The largest absolute Gasteiger partial charge is 0.497 e. The number of methoxy groups -OCH3 is 1. The first-order chi connectivity index (χ1) is 9.61. The highest BCUT2D eigenvalue weighted by atomic mass is 32.1. The summed E-state index contributed by atoms with van der Waals surface area (Å²) in [5, 5.41) is 3.74. The molecule has 0 aliphatic rings. The quantitative estimate of drug-likeness (QED) is 0.748. The number of amides is 1. The van der Waals surface area contributed by atoms with E-state index in [1.54, 1.807) is 7.11 Å². The normalized spacial score (nSPS) is 10.2. The number of nitrogens with zero attached hydrogens (tertiary/aromatic N) is 1. The SMILES string of the molecule is COc1cccc(CCNc2snc(N)c2C(N)=O)c1. The standard InChI is InChI=1S/C13H16N4O2S/c1-19-9-4-2-3-8(7-9)5-6-16-13-10(12(15)18)11(14)17-20-13/h2-4,7,16H,5-6H2,1H3,(H2,14,17)(H2,15,18). The Morgan fingerprint density at radius 1 is 1.50 bits per heavy atom. The first kappa shape index (κ1) is 14.1. The van der Waals surface area contributed by atoms with Crippen LogP contribution in [0.15, 0.2) is 24.3 Å². The number of hydrogen-bond donors (Lipinski definition) is 3. The van der Waals surface area contributed by atoms with Crippen molar-refractivity contribution in [3.8, 4) is 5.75 Å². The van der Waals surface area contributed by atoms with Gasteiger partial charge in [-0.3, -0.25) is 4.79 Å². The molecule has 0 radical (unpaired) electrons. The number of benzene rings is 1. The second-order valence-electron chi connectivity index (χ2n) is 4.16. The summed E-state index contributed by atoms with van der Waals surface area (Å²) in [6, 6.07) is 7.82. The van der Waals surface area contributed by atoms with Gasteiger partial charge in [-0.2, -0.15) is 4.37 Å². The zero-order valence-corrected chi connectivity index (χ0v) is 11.9. The van der Waals surface area contributed by atoms with Crippen molar-refractivity contribution >= 4 is 28.3 Å². The number of rotatable bonds is 6. The van der Waals surface area contributed by atoms with Gasteiger partial charge < -0.3 is 21.5 Å². The van der Waals surface area contributed by atoms with E-state index in [1.807, 2.05) is 24.3 Å². The van der Waals surface area contributed by atoms with Crippen molar-refractivity contribution in [2.24, 2.45) is 5.73 Å². The summed E-state index contributed by atoms with van der Waals surface area (Å²) in [7, 11) is 1.64. The minimum Gasteiger partial charge on any atom is -0.497 e. The molecule has 1 aromatic carbocycles. The van der Waals surface area contributed by atoms with Crippen LogP contribution in [0.2, 0.25) is 0 Å². The van der Waals surface area contributed by atoms with Gasteiger partial charge in [0.2, 0.25) is 0 Å². The molecule has 106 valence electrons. The predicted octanol–water partition coefficient (Wildman–Crippen LogP) is 1.49. The minimum atomic E-state index is -0.569. The lowest BCUT2D eigenvalue weighted by atomic mass is 10.1. The number of nitrogen functional groups attached to an aromatic ring is 1. The number of primary amides is 1. The van der Waals surface area contributed by atoms with Crippen molar-refractivity contribution < 1.29 is 9.53 Å². The molecular weight excluding hydrogens is 276 g/mol. The number of aromatic nitrogens is 1. The zero-order chi connectivity index (χ0) is 14.5. The number of anilines is 2. The minimum absolute atomic E-state index is 0.173. The lowest BCUT2D eigenvalue weighted by molar-refractivity contribution is 0.100. The summed E-state index contributed by atoms with van der Waals surface area (Å²) >= 11 is 1.14. The number of carbonyl (C=O) groups is 1. The van der Waals surface area contributed by atoms with Crippen molar-refractivity contribution in [1.82, 2.24) is 4.37 Å². The topological polar surface area (TPSA) is 103 Å². The van der Waals surface area contributed by atoms with Gasteiger partial charge in [-0.05, 0) is 35.6 Å². The Morgan fingerprint density at radius 3 is 3.00 bits per heavy atom. The van der Waals surface area contributed by atoms with Crippen LogP contribution in [0.3, 0.4) is 0 Å². The Balaban J connectivity index is 1.97. The molecule has 0 bridgehead atoms. The molecule has 20 heavy (non-hydrogen) atoms. The van der Waals surface area contributed by atoms with Crippen LogP contribution in [0.1, 0.15) is 15.9 Å². The van der Waals surface area contributed by atoms with E-state index in [0.29, 0.717) is 11.5 Å². The lowest BCUT2D eigenvalue weighted by Crippen LogP contribution is -2.15. The summed E-state index contributed by atoms with van der Waals surface area (Å²) < 4.78 is 9.09. The molecule has 7 heteroatoms. The van der Waals surface area contributed by atoms with Gasteiger partial charge in [0.05, 0.1) is 7.11 Å². The monoisotopic (exact) mass is 292 g/mol. The van der Waals surface area contributed by atoms with E-state index in [9.17, 15) is 4.79 Å². The highest BCUT2D eigenvalue weighted by molar-refractivity contribution is 7.11. The summed E-state index contributed by atoms with van der Waals surface area (Å²) in [4.78, 5) is 11.3. The number of ether oxygens (including phenoxy) is 1. The molecule has 0 aliphatic carbocycles. The molecule has 0 saturated carbocycles. The lowest BCUT2D eigenvalue weighted by Gasteiger charge is -2.06. The summed E-state index contributed by atoms with van der Waals surface area (Å²) in [6.45, 7) is 0.648. The van der Waals surface area contributed by atoms with Crippen molar-refractivity contribution in [3.63, 3.8) is 0 Å². The molecule has 1 heterocycles. The van der Waals surface area contributed by atoms with Crippen LogP contribution in [-0.4, -0.2) is 23.9 Å². The van der Waals surface area contributed by atoms with E-state index < -0.39 is 5.91 Å². The van der Waals surface area contributed by atoms with Crippen molar-refractivity contribution in [2.75, 3.05) is 24.7 Å². The fraction of sp³-hybridized carbons (Fsp3) is 0.231. The van der Waals surface area contributed by atoms with E-state index in [4.69, 9.17) is 16.2 Å². The van der Waals surface area contributed by atoms with Crippen molar-refractivity contribution in [2.45, 2.75) is 6.42 Å². The second kappa shape index (κ2) is 6.25. The van der Waals surface area contributed by atoms with Gasteiger partial charge in [0.25, 0.3) is 5.91 Å². The van der Waals surface area contributed by atoms with Gasteiger partial charge in [0.1, 0.15) is 16.3 Å². The van der Waals surface area contributed by atoms with Crippen LogP contribution in [-0.2, 0) is 6.42 Å². The van der Waals surface area contributed by atoms with E-state index in [-0.39, 0.29) is 11.4 Å². The first-order valence-corrected chi connectivity index (χ1v) is 6.81. The van der Waals surface area contributed by atoms with Gasteiger partial charge in [-0.15, -0.1) is 0 Å². The third-order valence-electron chi connectivity index (χ3n) is 2.80. The average molecular weight is 292 g/mol. The maximum Gasteiger partial charge on any atom is 0.255 e. The average Bonchev–Trinajstić information content (AvgIpc) is 2.80. The van der Waals surface area contributed by atoms with E-state index in [2.05, 4.69) is 9.69 Å². The number of nitrogens with one attached hydrogen (secondary N) is 1. The molecule has 0 aliphatic heterocycles. The Kier molecular flexibility index (Phi) is 4.41. The smallest absolute Gasteiger partial charge is 0.255 e. The fourth-order valence-corrected chi connectivity index (χ4v) is 2.55. The van der Waals surface area contributed by atoms with Crippen LogP contribution < -0.4 is 21.5 Å². The molecule has 2 aromatic rings. The number of hydrogen-bond acceptors (Lipinski definition) is 6. The van der Waals surface area contributed by atoms with E-state index >= 15 is 0 Å². The van der Waals surface area contributed by atoms with Crippen LogP contribution in [0.4, 0.5) is 10.8 Å². The van der Waals surface area contributed by atoms with Crippen LogP contribution in [0.5, 0.6) is 5.75 Å². The molecule has 0 spiro atoms. The maximum atomic E-state index is 11.3. The van der Waals surface area contributed by atoms with Gasteiger partial charge in [0, 0.05) is 6.54 Å². The van der Waals surface area contributed by atoms with E-state index in [1.165, 1.54) is 0 Å². The van der Waals surface area contributed by atoms with Crippen molar-refractivity contribution in [3.05, 3.63) is 35.4 Å². The van der Waals surface area contributed by atoms with Gasteiger partial charge >= 0.3 is 0 Å². The predicted molar refractivity (Wildman–Crippen MR) is 80.2 cm³/mol. The third-order valence-corrected chi connectivity index (χ3v) is 3.62. The molecule has 0 saturated heterocycles. The molecule has 1 amide bonds. The van der Waals surface area contributed by atoms with Crippen LogP contribution >= 0.6 is 11.5 Å². The van der Waals surface area contributed by atoms with Gasteiger partial charge in [-0.25, -0.2) is 0 Å². The van der Waals surface area contributed by atoms with Crippen molar-refractivity contribution in [1.29, 1.82) is 0 Å². The Bertz CT molecular complexity index is 612. The van der Waals surface area contributed by atoms with Gasteiger partial charge in [-0.1, -0.05) is 12.1 Å². The number of carbonyl (C=O) groups excluding carboxylic acids is 1. The Labute approximate surface area is 120 Å². The summed E-state index contributed by atoms with van der Waals surface area (Å²) in [5.41, 5.74) is 12.3. The molecule has 0 unspecified atom stereocenters. The second-order valence-corrected chi connectivity index (χ2v) is 4.94. The van der Waals surface area contributed by atoms with Gasteiger partial charge in [0.15, 0.2) is 5.82 Å². The summed E-state index contributed by atoms with van der Waals surface area (Å²) in [5.74, 6) is 0.425. The molecule has 1 aromatic heterocycles. The number of nitrogens with two attached hydrogens (primary N) is 2.